The Bertz CT molecular complexity index is 1170. The minimum atomic E-state index is -1.13. The van der Waals surface area contributed by atoms with Gasteiger partial charge in [0.1, 0.15) is 23.3 Å². The maximum absolute atomic E-state index is 6.20. The van der Waals surface area contributed by atoms with Crippen LogP contribution in [0.1, 0.15) is 0 Å². The fraction of sp³-hybridized carbons (Fsp3) is 0.333. The molecule has 5 nitrogen and oxygen atoms in total. The molecule has 8 heteroatoms. The maximum atomic E-state index is 6.20. The van der Waals surface area contributed by atoms with Gasteiger partial charge in [-0.15, -0.1) is 11.3 Å². The van der Waals surface area contributed by atoms with Crippen LogP contribution < -0.4 is 4.74 Å². The fourth-order valence-electron chi connectivity index (χ4n) is 3.26. The van der Waals surface area contributed by atoms with E-state index in [1.807, 2.05) is 28.3 Å². The topological polar surface area (TPSA) is 49.2 Å². The SMILES string of the molecule is COc1cc2ncsc2cc1-c1cn(COCC[Si](C)(C)C)c2nc(Cl)ccc12. The molecule has 0 radical (unpaired) electrons. The number of benzene rings is 1. The van der Waals surface area contributed by atoms with Gasteiger partial charge in [-0.2, -0.15) is 0 Å². The van der Waals surface area contributed by atoms with E-state index in [1.165, 1.54) is 0 Å². The first-order valence-corrected chi connectivity index (χ1v) is 14.5. The lowest BCUT2D eigenvalue weighted by molar-refractivity contribution is 0.0899. The zero-order chi connectivity index (χ0) is 20.6. The molecule has 0 aliphatic heterocycles. The molecule has 4 rings (SSSR count). The molecule has 0 aliphatic carbocycles. The van der Waals surface area contributed by atoms with Gasteiger partial charge in [0.15, 0.2) is 0 Å². The molecular formula is C21H24ClN3O2SSi. The minimum Gasteiger partial charge on any atom is -0.496 e. The number of pyridine rings is 1. The normalized spacial score (nSPS) is 12.2. The molecule has 3 aromatic heterocycles. The molecule has 1 aromatic carbocycles. The molecule has 0 spiro atoms. The van der Waals surface area contributed by atoms with E-state index in [4.69, 9.17) is 21.1 Å². The summed E-state index contributed by atoms with van der Waals surface area (Å²) >= 11 is 7.82. The van der Waals surface area contributed by atoms with Crippen LogP contribution in [0.15, 0.2) is 36.0 Å². The summed E-state index contributed by atoms with van der Waals surface area (Å²) in [5.74, 6) is 0.789. The van der Waals surface area contributed by atoms with Crippen LogP contribution in [-0.4, -0.2) is 36.3 Å². The van der Waals surface area contributed by atoms with Gasteiger partial charge in [-0.05, 0) is 24.2 Å². The first-order valence-electron chi connectivity index (χ1n) is 9.50. The Kier molecular flexibility index (Phi) is 5.66. The summed E-state index contributed by atoms with van der Waals surface area (Å²) < 4.78 is 14.8. The van der Waals surface area contributed by atoms with E-state index in [0.29, 0.717) is 11.9 Å². The van der Waals surface area contributed by atoms with Crippen molar-refractivity contribution in [3.8, 4) is 16.9 Å². The van der Waals surface area contributed by atoms with Gasteiger partial charge in [-0.1, -0.05) is 31.2 Å². The number of hydrogen-bond acceptors (Lipinski definition) is 5. The first kappa shape index (κ1) is 20.3. The van der Waals surface area contributed by atoms with Crippen molar-refractivity contribution in [2.75, 3.05) is 13.7 Å². The summed E-state index contributed by atoms with van der Waals surface area (Å²) in [6.45, 7) is 8.25. The Morgan fingerprint density at radius 2 is 2.00 bits per heavy atom. The van der Waals surface area contributed by atoms with Crippen LogP contribution in [0, 0.1) is 0 Å². The second kappa shape index (κ2) is 8.06. The monoisotopic (exact) mass is 445 g/mol. The van der Waals surface area contributed by atoms with Crippen LogP contribution in [0.2, 0.25) is 30.8 Å². The zero-order valence-corrected chi connectivity index (χ0v) is 19.6. The predicted octanol–water partition coefficient (Wildman–Crippen LogP) is 6.29. The van der Waals surface area contributed by atoms with Crippen LogP contribution in [0.25, 0.3) is 32.4 Å². The van der Waals surface area contributed by atoms with Crippen molar-refractivity contribution in [3.05, 3.63) is 41.1 Å². The van der Waals surface area contributed by atoms with Crippen molar-refractivity contribution in [1.82, 2.24) is 14.5 Å². The van der Waals surface area contributed by atoms with E-state index < -0.39 is 8.07 Å². The number of ether oxygens (including phenoxy) is 2. The predicted molar refractivity (Wildman–Crippen MR) is 124 cm³/mol. The third-order valence-electron chi connectivity index (χ3n) is 4.86. The summed E-state index contributed by atoms with van der Waals surface area (Å²) in [6.07, 6.45) is 2.08. The van der Waals surface area contributed by atoms with Crippen LogP contribution in [0.5, 0.6) is 5.75 Å². The van der Waals surface area contributed by atoms with E-state index >= 15 is 0 Å². The molecule has 0 bridgehead atoms. The number of rotatable bonds is 7. The van der Waals surface area contributed by atoms with Gasteiger partial charge in [0.05, 0.1) is 22.8 Å². The molecular weight excluding hydrogens is 422 g/mol. The molecule has 29 heavy (non-hydrogen) atoms. The molecule has 0 saturated carbocycles. The Balaban J connectivity index is 1.75. The van der Waals surface area contributed by atoms with Gasteiger partial charge < -0.3 is 14.0 Å². The largest absolute Gasteiger partial charge is 0.496 e. The highest BCUT2D eigenvalue weighted by Gasteiger charge is 2.18. The van der Waals surface area contributed by atoms with Gasteiger partial charge in [0.25, 0.3) is 0 Å². The molecule has 0 saturated heterocycles. The Morgan fingerprint density at radius 3 is 2.76 bits per heavy atom. The summed E-state index contributed by atoms with van der Waals surface area (Å²) in [5.41, 5.74) is 5.66. The molecule has 0 aliphatic rings. The van der Waals surface area contributed by atoms with E-state index in [1.54, 1.807) is 18.4 Å². The van der Waals surface area contributed by atoms with Crippen LogP contribution in [0.4, 0.5) is 0 Å². The van der Waals surface area contributed by atoms with E-state index in [0.717, 1.165) is 50.8 Å². The van der Waals surface area contributed by atoms with Gasteiger partial charge >= 0.3 is 0 Å². The van der Waals surface area contributed by atoms with Crippen LogP contribution >= 0.6 is 22.9 Å². The number of methoxy groups -OCH3 is 1. The summed E-state index contributed by atoms with van der Waals surface area (Å²) in [5, 5.41) is 1.49. The number of halogens is 1. The number of nitrogens with zero attached hydrogens (tertiary/aromatic N) is 3. The van der Waals surface area contributed by atoms with E-state index in [2.05, 4.69) is 41.9 Å². The molecule has 152 valence electrons. The number of hydrogen-bond donors (Lipinski definition) is 0. The molecule has 4 aromatic rings. The molecule has 0 fully saturated rings. The summed E-state index contributed by atoms with van der Waals surface area (Å²) in [6, 6.07) is 9.07. The quantitative estimate of drug-likeness (QED) is 0.190. The third kappa shape index (κ3) is 4.33. The molecule has 3 heterocycles. The standard InChI is InChI=1S/C21H24ClN3O2SSi/c1-26-18-10-17-19(28-12-23-17)9-15(18)16-11-25(13-27-7-8-29(2,3)4)21-14(16)5-6-20(22)24-21/h5-6,9-12H,7-8,13H2,1-4H3. The number of thiazole rings is 1. The second-order valence-corrected chi connectivity index (χ2v) is 15.1. The Hall–Kier alpha value is -1.93. The minimum absolute atomic E-state index is 0.444. The Labute approximate surface area is 180 Å². The first-order chi connectivity index (χ1) is 13.9. The second-order valence-electron chi connectivity index (χ2n) is 8.24. The summed E-state index contributed by atoms with van der Waals surface area (Å²) in [7, 11) is 0.556. The van der Waals surface area contributed by atoms with E-state index in [-0.39, 0.29) is 0 Å². The van der Waals surface area contributed by atoms with Crippen molar-refractivity contribution in [2.24, 2.45) is 0 Å². The number of aromatic nitrogens is 3. The average molecular weight is 446 g/mol. The van der Waals surface area contributed by atoms with Crippen molar-refractivity contribution in [1.29, 1.82) is 0 Å². The van der Waals surface area contributed by atoms with Gasteiger partial charge in [-0.3, -0.25) is 0 Å². The lowest BCUT2D eigenvalue weighted by Crippen LogP contribution is -2.22. The lowest BCUT2D eigenvalue weighted by Gasteiger charge is -2.15. The van der Waals surface area contributed by atoms with Gasteiger partial charge in [-0.25, -0.2) is 9.97 Å². The van der Waals surface area contributed by atoms with Crippen LogP contribution in [0.3, 0.4) is 0 Å². The fourth-order valence-corrected chi connectivity index (χ4v) is 4.86. The van der Waals surface area contributed by atoms with Crippen LogP contribution in [-0.2, 0) is 11.5 Å². The summed E-state index contributed by atoms with van der Waals surface area (Å²) in [4.78, 5) is 8.96. The van der Waals surface area contributed by atoms with Crippen molar-refractivity contribution < 1.29 is 9.47 Å². The molecule has 0 N–H and O–H groups in total. The highest BCUT2D eigenvalue weighted by molar-refractivity contribution is 7.16. The highest BCUT2D eigenvalue weighted by atomic mass is 35.5. The lowest BCUT2D eigenvalue weighted by atomic mass is 10.0. The van der Waals surface area contributed by atoms with Crippen molar-refractivity contribution >= 4 is 52.3 Å². The average Bonchev–Trinajstić information content (AvgIpc) is 3.27. The maximum Gasteiger partial charge on any atom is 0.144 e. The van der Waals surface area contributed by atoms with Crippen molar-refractivity contribution in [2.45, 2.75) is 32.4 Å². The van der Waals surface area contributed by atoms with Gasteiger partial charge in [0.2, 0.25) is 0 Å². The molecule has 0 atom stereocenters. The zero-order valence-electron chi connectivity index (χ0n) is 17.0. The van der Waals surface area contributed by atoms with Gasteiger partial charge in [0, 0.05) is 43.5 Å². The molecule has 0 amide bonds. The smallest absolute Gasteiger partial charge is 0.144 e. The highest BCUT2D eigenvalue weighted by Crippen LogP contribution is 2.39. The number of fused-ring (bicyclic) bond motifs is 2. The van der Waals surface area contributed by atoms with Crippen molar-refractivity contribution in [3.63, 3.8) is 0 Å². The van der Waals surface area contributed by atoms with E-state index in [9.17, 15) is 0 Å². The molecule has 0 unspecified atom stereocenters. The third-order valence-corrected chi connectivity index (χ3v) is 7.56. The Morgan fingerprint density at radius 1 is 1.17 bits per heavy atom.